The molecule has 1 aromatic heterocycles. The van der Waals surface area contributed by atoms with E-state index >= 15 is 0 Å². The zero-order chi connectivity index (χ0) is 14.5. The molecule has 1 aliphatic rings. The highest BCUT2D eigenvalue weighted by Gasteiger charge is 2.36. The molecule has 0 aromatic carbocycles. The van der Waals surface area contributed by atoms with Crippen molar-refractivity contribution in [1.82, 2.24) is 14.9 Å². The molecule has 0 aliphatic carbocycles. The Balaban J connectivity index is 1.99. The number of aliphatic hydroxyl groups excluding tert-OH is 1. The quantitative estimate of drug-likeness (QED) is 0.737. The Morgan fingerprint density at radius 1 is 1.65 bits per heavy atom. The highest BCUT2D eigenvalue weighted by atomic mass is 16.5. The summed E-state index contributed by atoms with van der Waals surface area (Å²) in [7, 11) is 3.15. The number of methoxy groups -OCH3 is 1. The van der Waals surface area contributed by atoms with Crippen LogP contribution < -0.4 is 0 Å². The Morgan fingerprint density at radius 3 is 3.10 bits per heavy atom. The molecule has 0 radical (unpaired) electrons. The lowest BCUT2D eigenvalue weighted by Crippen LogP contribution is -2.56. The number of carbonyl (C=O) groups excluding carboxylic acids is 1. The number of nitrogens with one attached hydrogen (secondary N) is 1. The van der Waals surface area contributed by atoms with Crippen LogP contribution in [-0.4, -0.2) is 71.5 Å². The Morgan fingerprint density at radius 2 is 2.45 bits per heavy atom. The molecule has 2 rings (SSSR count). The van der Waals surface area contributed by atoms with E-state index in [2.05, 4.69) is 9.97 Å². The number of ether oxygens (including phenoxy) is 2. The third kappa shape index (κ3) is 3.24. The van der Waals surface area contributed by atoms with Crippen LogP contribution in [0.4, 0.5) is 0 Å². The second-order valence-electron chi connectivity index (χ2n) is 4.66. The summed E-state index contributed by atoms with van der Waals surface area (Å²) in [6.07, 6.45) is 5.04. The molecule has 1 aromatic rings. The zero-order valence-corrected chi connectivity index (χ0v) is 11.5. The van der Waals surface area contributed by atoms with Gasteiger partial charge in [-0.2, -0.15) is 0 Å². The van der Waals surface area contributed by atoms with Gasteiger partial charge >= 0.3 is 0 Å². The number of nitrogens with zero attached hydrogens (tertiary/aromatic N) is 2. The lowest BCUT2D eigenvalue weighted by atomic mass is 10.0. The Hall–Kier alpha value is -1.70. The third-order valence-corrected chi connectivity index (χ3v) is 3.42. The van der Waals surface area contributed by atoms with Crippen molar-refractivity contribution >= 4 is 12.0 Å². The molecule has 1 fully saturated rings. The molecule has 0 bridgehead atoms. The molecule has 0 unspecified atom stereocenters. The van der Waals surface area contributed by atoms with Crippen LogP contribution in [0, 0.1) is 0 Å². The molecule has 7 heteroatoms. The molecule has 2 heterocycles. The van der Waals surface area contributed by atoms with Crippen molar-refractivity contribution in [1.29, 1.82) is 0 Å². The fourth-order valence-corrected chi connectivity index (χ4v) is 2.10. The van der Waals surface area contributed by atoms with E-state index in [-0.39, 0.29) is 5.91 Å². The maximum atomic E-state index is 12.1. The minimum Gasteiger partial charge on any atom is -0.388 e. The normalized spacial score (nSPS) is 26.9. The van der Waals surface area contributed by atoms with E-state index in [1.54, 1.807) is 19.3 Å². The maximum Gasteiger partial charge on any atom is 0.246 e. The van der Waals surface area contributed by atoms with Crippen molar-refractivity contribution < 1.29 is 19.4 Å². The zero-order valence-electron chi connectivity index (χ0n) is 11.5. The fourth-order valence-electron chi connectivity index (χ4n) is 2.10. The number of hydrogen-bond donors (Lipinski definition) is 2. The standard InChI is InChI=1S/C13H19N3O4/c1-16(10-6-20-7-11(19-2)13(10)18)12(17)4-3-9-5-14-8-15-9/h3-5,8,10-11,13,18H,6-7H2,1-2H3,(H,14,15)/b4-3+/t10-,11-,13+/m1/s1. The molecule has 1 saturated heterocycles. The average molecular weight is 281 g/mol. The summed E-state index contributed by atoms with van der Waals surface area (Å²) in [6, 6.07) is -0.424. The van der Waals surface area contributed by atoms with Crippen LogP contribution >= 0.6 is 0 Å². The second-order valence-corrected chi connectivity index (χ2v) is 4.66. The summed E-state index contributed by atoms with van der Waals surface area (Å²) in [5.74, 6) is -0.219. The summed E-state index contributed by atoms with van der Waals surface area (Å²) in [5, 5.41) is 10.2. The van der Waals surface area contributed by atoms with Gasteiger partial charge in [-0.15, -0.1) is 0 Å². The first-order valence-electron chi connectivity index (χ1n) is 6.35. The van der Waals surface area contributed by atoms with Crippen molar-refractivity contribution in [3.8, 4) is 0 Å². The highest BCUT2D eigenvalue weighted by Crippen LogP contribution is 2.16. The van der Waals surface area contributed by atoms with Crippen molar-refractivity contribution in [3.05, 3.63) is 24.3 Å². The molecule has 2 N–H and O–H groups in total. The van der Waals surface area contributed by atoms with Gasteiger partial charge in [-0.1, -0.05) is 0 Å². The minimum absolute atomic E-state index is 0.219. The minimum atomic E-state index is -0.761. The first kappa shape index (κ1) is 14.7. The van der Waals surface area contributed by atoms with Crippen molar-refractivity contribution in [3.63, 3.8) is 0 Å². The van der Waals surface area contributed by atoms with Crippen molar-refractivity contribution in [2.45, 2.75) is 18.2 Å². The van der Waals surface area contributed by atoms with Gasteiger partial charge in [-0.3, -0.25) is 4.79 Å². The summed E-state index contributed by atoms with van der Waals surface area (Å²) < 4.78 is 10.5. The molecule has 20 heavy (non-hydrogen) atoms. The number of aromatic nitrogens is 2. The first-order chi connectivity index (χ1) is 9.63. The molecule has 110 valence electrons. The van der Waals surface area contributed by atoms with E-state index in [9.17, 15) is 9.90 Å². The SMILES string of the molecule is CO[C@@H]1COC[C@@H](N(C)C(=O)/C=C/c2cnc[nH]2)[C@@H]1O. The maximum absolute atomic E-state index is 12.1. The van der Waals surface area contributed by atoms with E-state index in [1.165, 1.54) is 24.4 Å². The third-order valence-electron chi connectivity index (χ3n) is 3.42. The summed E-state index contributed by atoms with van der Waals surface area (Å²) >= 11 is 0. The van der Waals surface area contributed by atoms with E-state index in [1.807, 2.05) is 0 Å². The first-order valence-corrected chi connectivity index (χ1v) is 6.35. The van der Waals surface area contributed by atoms with Gasteiger partial charge in [0, 0.05) is 20.2 Å². The Kier molecular flexibility index (Phi) is 4.89. The largest absolute Gasteiger partial charge is 0.388 e. The number of carbonyl (C=O) groups is 1. The average Bonchev–Trinajstić information content (AvgIpc) is 2.97. The van der Waals surface area contributed by atoms with Gasteiger partial charge in [-0.25, -0.2) is 4.98 Å². The van der Waals surface area contributed by atoms with Gasteiger partial charge in [-0.05, 0) is 6.08 Å². The van der Waals surface area contributed by atoms with Gasteiger partial charge in [0.1, 0.15) is 12.2 Å². The van der Waals surface area contributed by atoms with Crippen molar-refractivity contribution in [2.24, 2.45) is 0 Å². The number of likely N-dealkylation sites (N-methyl/N-ethyl adjacent to an activating group) is 1. The lowest BCUT2D eigenvalue weighted by Gasteiger charge is -2.38. The van der Waals surface area contributed by atoms with Gasteiger partial charge in [0.05, 0.1) is 37.5 Å². The predicted molar refractivity (Wildman–Crippen MR) is 71.8 cm³/mol. The number of imidazole rings is 1. The van der Waals surface area contributed by atoms with Gasteiger partial charge in [0.2, 0.25) is 5.91 Å². The van der Waals surface area contributed by atoms with Crippen LogP contribution in [-0.2, 0) is 14.3 Å². The smallest absolute Gasteiger partial charge is 0.246 e. The van der Waals surface area contributed by atoms with Crippen LogP contribution in [0.3, 0.4) is 0 Å². The van der Waals surface area contributed by atoms with E-state index < -0.39 is 18.2 Å². The van der Waals surface area contributed by atoms with E-state index in [0.29, 0.717) is 13.2 Å². The van der Waals surface area contributed by atoms with Crippen LogP contribution in [0.25, 0.3) is 6.08 Å². The van der Waals surface area contributed by atoms with Crippen LogP contribution in [0.1, 0.15) is 5.69 Å². The molecule has 0 spiro atoms. The molecular formula is C13H19N3O4. The molecular weight excluding hydrogens is 262 g/mol. The van der Waals surface area contributed by atoms with Gasteiger partial charge in [0.25, 0.3) is 0 Å². The lowest BCUT2D eigenvalue weighted by molar-refractivity contribution is -0.154. The van der Waals surface area contributed by atoms with Gasteiger partial charge in [0.15, 0.2) is 0 Å². The number of amides is 1. The topological polar surface area (TPSA) is 87.7 Å². The summed E-state index contributed by atoms with van der Waals surface area (Å²) in [6.45, 7) is 0.626. The number of H-pyrrole nitrogens is 1. The van der Waals surface area contributed by atoms with E-state index in [4.69, 9.17) is 9.47 Å². The van der Waals surface area contributed by atoms with Crippen LogP contribution in [0.2, 0.25) is 0 Å². The highest BCUT2D eigenvalue weighted by molar-refractivity contribution is 5.91. The second kappa shape index (κ2) is 6.65. The number of aromatic amines is 1. The Bertz CT molecular complexity index is 460. The summed E-state index contributed by atoms with van der Waals surface area (Å²) in [4.78, 5) is 20.3. The molecule has 1 aliphatic heterocycles. The monoisotopic (exact) mass is 281 g/mol. The number of aliphatic hydroxyl groups is 1. The fraction of sp³-hybridized carbons (Fsp3) is 0.538. The molecule has 0 saturated carbocycles. The van der Waals surface area contributed by atoms with Crippen LogP contribution in [0.15, 0.2) is 18.6 Å². The number of rotatable bonds is 4. The Labute approximate surface area is 117 Å². The molecule has 3 atom stereocenters. The molecule has 1 amide bonds. The van der Waals surface area contributed by atoms with Crippen molar-refractivity contribution in [2.75, 3.05) is 27.4 Å². The molecule has 7 nitrogen and oxygen atoms in total. The number of hydrogen-bond acceptors (Lipinski definition) is 5. The van der Waals surface area contributed by atoms with Crippen LogP contribution in [0.5, 0.6) is 0 Å². The summed E-state index contributed by atoms with van der Waals surface area (Å²) in [5.41, 5.74) is 0.738. The predicted octanol–water partition coefficient (Wildman–Crippen LogP) is -0.344. The van der Waals surface area contributed by atoms with Gasteiger partial charge < -0.3 is 24.5 Å². The van der Waals surface area contributed by atoms with E-state index in [0.717, 1.165) is 5.69 Å².